The maximum Gasteiger partial charge on any atom is 0.228 e. The van der Waals surface area contributed by atoms with Gasteiger partial charge in [-0.05, 0) is 56.8 Å². The number of amides is 1. The molecule has 1 saturated heterocycles. The molecule has 1 aromatic rings. The van der Waals surface area contributed by atoms with Gasteiger partial charge in [0.25, 0.3) is 0 Å². The van der Waals surface area contributed by atoms with Crippen molar-refractivity contribution in [3.63, 3.8) is 0 Å². The van der Waals surface area contributed by atoms with E-state index in [4.69, 9.17) is 21.1 Å². The highest BCUT2D eigenvalue weighted by Crippen LogP contribution is 2.59. The van der Waals surface area contributed by atoms with E-state index in [1.165, 1.54) is 0 Å². The highest BCUT2D eigenvalue weighted by molar-refractivity contribution is 6.32. The van der Waals surface area contributed by atoms with E-state index in [9.17, 15) is 4.79 Å². The van der Waals surface area contributed by atoms with Crippen LogP contribution in [0.5, 0.6) is 5.75 Å². The third-order valence-corrected chi connectivity index (χ3v) is 5.31. The highest BCUT2D eigenvalue weighted by Gasteiger charge is 2.57. The Bertz CT molecular complexity index is 588. The number of halogens is 1. The molecule has 1 unspecified atom stereocenters. The van der Waals surface area contributed by atoms with Crippen LogP contribution in [0.15, 0.2) is 18.2 Å². The Morgan fingerprint density at radius 3 is 2.92 bits per heavy atom. The smallest absolute Gasteiger partial charge is 0.228 e. The van der Waals surface area contributed by atoms with E-state index in [0.29, 0.717) is 36.3 Å². The van der Waals surface area contributed by atoms with Crippen LogP contribution in [0, 0.1) is 11.3 Å². The average Bonchev–Trinajstić information content (AvgIpc) is 3.27. The van der Waals surface area contributed by atoms with E-state index in [2.05, 4.69) is 10.6 Å². The maximum atomic E-state index is 12.6. The molecular formula is C18H25ClN2O3. The zero-order valence-electron chi connectivity index (χ0n) is 14.1. The fourth-order valence-corrected chi connectivity index (χ4v) is 3.75. The molecular weight excluding hydrogens is 328 g/mol. The molecule has 1 saturated carbocycles. The van der Waals surface area contributed by atoms with Crippen molar-refractivity contribution >= 4 is 23.2 Å². The third-order valence-electron chi connectivity index (χ3n) is 5.01. The molecule has 3 rings (SSSR count). The van der Waals surface area contributed by atoms with Gasteiger partial charge in [-0.3, -0.25) is 4.79 Å². The maximum absolute atomic E-state index is 12.6. The molecule has 0 radical (unpaired) electrons. The van der Waals surface area contributed by atoms with Crippen LogP contribution in [0.3, 0.4) is 0 Å². The van der Waals surface area contributed by atoms with Gasteiger partial charge in [-0.1, -0.05) is 17.7 Å². The minimum atomic E-state index is 0.0776. The number of rotatable bonds is 7. The zero-order chi connectivity index (χ0) is 17.0. The minimum Gasteiger partial charge on any atom is -0.487 e. The Morgan fingerprint density at radius 2 is 2.17 bits per heavy atom. The second-order valence-electron chi connectivity index (χ2n) is 6.52. The first-order valence-electron chi connectivity index (χ1n) is 8.67. The molecule has 132 valence electrons. The number of para-hydroxylation sites is 1. The molecule has 2 aliphatic rings. The van der Waals surface area contributed by atoms with E-state index in [-0.39, 0.29) is 17.2 Å². The normalized spacial score (nSPS) is 21.5. The topological polar surface area (TPSA) is 59.6 Å². The minimum absolute atomic E-state index is 0.0776. The predicted molar refractivity (Wildman–Crippen MR) is 94.7 cm³/mol. The van der Waals surface area contributed by atoms with E-state index < -0.39 is 0 Å². The van der Waals surface area contributed by atoms with Crippen molar-refractivity contribution in [1.29, 1.82) is 0 Å². The van der Waals surface area contributed by atoms with Crippen LogP contribution in [0.2, 0.25) is 5.02 Å². The monoisotopic (exact) mass is 352 g/mol. The standard InChI is InChI=1S/C18H25ClN2O3/c1-2-23-10-11-24-16-14(19)4-3-5-15(16)21-17(22)13-12-18(13)6-8-20-9-7-18/h3-5,13,20H,2,6-12H2,1H3,(H,21,22). The first-order valence-corrected chi connectivity index (χ1v) is 9.05. The lowest BCUT2D eigenvalue weighted by Crippen LogP contribution is -2.31. The number of piperidine rings is 1. The van der Waals surface area contributed by atoms with Crippen LogP contribution >= 0.6 is 11.6 Å². The van der Waals surface area contributed by atoms with E-state index in [1.54, 1.807) is 6.07 Å². The van der Waals surface area contributed by atoms with Crippen molar-refractivity contribution in [3.05, 3.63) is 23.2 Å². The predicted octanol–water partition coefficient (Wildman–Crippen LogP) is 3.08. The van der Waals surface area contributed by atoms with Gasteiger partial charge in [-0.15, -0.1) is 0 Å². The van der Waals surface area contributed by atoms with Crippen molar-refractivity contribution in [2.45, 2.75) is 26.2 Å². The number of hydrogen-bond acceptors (Lipinski definition) is 4. The van der Waals surface area contributed by atoms with Crippen molar-refractivity contribution in [3.8, 4) is 5.75 Å². The molecule has 2 fully saturated rings. The number of hydrogen-bond donors (Lipinski definition) is 2. The molecule has 1 heterocycles. The van der Waals surface area contributed by atoms with Gasteiger partial charge in [0, 0.05) is 12.5 Å². The van der Waals surface area contributed by atoms with E-state index in [0.717, 1.165) is 32.4 Å². The fourth-order valence-electron chi connectivity index (χ4n) is 3.52. The fraction of sp³-hybridized carbons (Fsp3) is 0.611. The third kappa shape index (κ3) is 3.85. The molecule has 1 aromatic carbocycles. The summed E-state index contributed by atoms with van der Waals surface area (Å²) in [7, 11) is 0. The van der Waals surface area contributed by atoms with Gasteiger partial charge in [0.15, 0.2) is 5.75 Å². The highest BCUT2D eigenvalue weighted by atomic mass is 35.5. The number of carbonyl (C=O) groups is 1. The van der Waals surface area contributed by atoms with Crippen LogP contribution in [0.25, 0.3) is 0 Å². The van der Waals surface area contributed by atoms with Gasteiger partial charge in [-0.25, -0.2) is 0 Å². The summed E-state index contributed by atoms with van der Waals surface area (Å²) in [6.45, 7) is 5.49. The molecule has 24 heavy (non-hydrogen) atoms. The quantitative estimate of drug-likeness (QED) is 0.740. The molecule has 5 nitrogen and oxygen atoms in total. The van der Waals surface area contributed by atoms with Gasteiger partial charge in [0.05, 0.1) is 17.3 Å². The summed E-state index contributed by atoms with van der Waals surface area (Å²) >= 11 is 6.24. The molecule has 1 aliphatic carbocycles. The summed E-state index contributed by atoms with van der Waals surface area (Å²) in [4.78, 5) is 12.6. The van der Waals surface area contributed by atoms with Crippen LogP contribution in [-0.2, 0) is 9.53 Å². The van der Waals surface area contributed by atoms with Crippen molar-refractivity contribution in [2.75, 3.05) is 38.2 Å². The van der Waals surface area contributed by atoms with E-state index in [1.807, 2.05) is 19.1 Å². The lowest BCUT2D eigenvalue weighted by Gasteiger charge is -2.23. The Hall–Kier alpha value is -1.30. The van der Waals surface area contributed by atoms with Gasteiger partial charge < -0.3 is 20.1 Å². The molecule has 2 N–H and O–H groups in total. The number of benzene rings is 1. The second kappa shape index (κ2) is 7.72. The molecule has 1 spiro atoms. The summed E-state index contributed by atoms with van der Waals surface area (Å²) in [5.74, 6) is 0.705. The number of nitrogens with one attached hydrogen (secondary N) is 2. The molecule has 1 amide bonds. The SMILES string of the molecule is CCOCCOc1c(Cl)cccc1NC(=O)C1CC12CCNCC2. The Kier molecular flexibility index (Phi) is 5.64. The van der Waals surface area contributed by atoms with Crippen LogP contribution in [0.1, 0.15) is 26.2 Å². The molecule has 1 aliphatic heterocycles. The second-order valence-corrected chi connectivity index (χ2v) is 6.93. The molecule has 0 aromatic heterocycles. The average molecular weight is 353 g/mol. The van der Waals surface area contributed by atoms with E-state index >= 15 is 0 Å². The van der Waals surface area contributed by atoms with Gasteiger partial charge >= 0.3 is 0 Å². The van der Waals surface area contributed by atoms with Crippen LogP contribution in [-0.4, -0.2) is 38.8 Å². The Labute approximate surface area is 148 Å². The van der Waals surface area contributed by atoms with Gasteiger partial charge in [-0.2, -0.15) is 0 Å². The molecule has 6 heteroatoms. The summed E-state index contributed by atoms with van der Waals surface area (Å²) in [6.07, 6.45) is 3.15. The lowest BCUT2D eigenvalue weighted by atomic mass is 9.92. The van der Waals surface area contributed by atoms with Gasteiger partial charge in [0.1, 0.15) is 6.61 Å². The zero-order valence-corrected chi connectivity index (χ0v) is 14.8. The van der Waals surface area contributed by atoms with Crippen LogP contribution in [0.4, 0.5) is 5.69 Å². The molecule has 1 atom stereocenters. The Balaban J connectivity index is 1.62. The summed E-state index contributed by atoms with van der Waals surface area (Å²) in [5, 5.41) is 6.87. The number of ether oxygens (including phenoxy) is 2. The van der Waals surface area contributed by atoms with Crippen molar-refractivity contribution in [1.82, 2.24) is 5.32 Å². The summed E-state index contributed by atoms with van der Waals surface area (Å²) < 4.78 is 11.0. The van der Waals surface area contributed by atoms with Crippen molar-refractivity contribution < 1.29 is 14.3 Å². The van der Waals surface area contributed by atoms with Gasteiger partial charge in [0.2, 0.25) is 5.91 Å². The summed E-state index contributed by atoms with van der Waals surface area (Å²) in [6, 6.07) is 5.41. The first-order chi connectivity index (χ1) is 11.7. The number of anilines is 1. The lowest BCUT2D eigenvalue weighted by molar-refractivity contribution is -0.118. The summed E-state index contributed by atoms with van der Waals surface area (Å²) in [5.41, 5.74) is 0.851. The van der Waals surface area contributed by atoms with Crippen LogP contribution < -0.4 is 15.4 Å². The number of carbonyl (C=O) groups excluding carboxylic acids is 1. The van der Waals surface area contributed by atoms with Crippen molar-refractivity contribution in [2.24, 2.45) is 11.3 Å². The molecule has 0 bridgehead atoms. The Morgan fingerprint density at radius 1 is 1.38 bits per heavy atom. The largest absolute Gasteiger partial charge is 0.487 e. The first kappa shape index (κ1) is 17.5.